The van der Waals surface area contributed by atoms with Gasteiger partial charge in [0.05, 0.1) is 0 Å². The zero-order valence-electron chi connectivity index (χ0n) is 16.7. The SMILES string of the molecule is Cc1noc(N(C)S(=O)(=O)c2c(Cc3ccc4c(c3)OOC4)[nH]c3ccccc23)c1Cl. The first-order valence-corrected chi connectivity index (χ1v) is 11.3. The van der Waals surface area contributed by atoms with Crippen molar-refractivity contribution >= 4 is 38.4 Å². The van der Waals surface area contributed by atoms with Gasteiger partial charge in [0.15, 0.2) is 5.75 Å². The summed E-state index contributed by atoms with van der Waals surface area (Å²) >= 11 is 6.22. The van der Waals surface area contributed by atoms with Gasteiger partial charge in [-0.2, -0.15) is 4.89 Å². The van der Waals surface area contributed by atoms with Gasteiger partial charge in [-0.3, -0.25) is 0 Å². The Morgan fingerprint density at radius 2 is 2.03 bits per heavy atom. The molecule has 0 atom stereocenters. The summed E-state index contributed by atoms with van der Waals surface area (Å²) in [7, 11) is -2.62. The number of nitrogens with zero attached hydrogens (tertiary/aromatic N) is 2. The fraction of sp³-hybridized carbons (Fsp3) is 0.190. The average molecular weight is 460 g/mol. The number of hydrogen-bond acceptors (Lipinski definition) is 6. The predicted octanol–water partition coefficient (Wildman–Crippen LogP) is 4.36. The van der Waals surface area contributed by atoms with Gasteiger partial charge in [-0.25, -0.2) is 12.7 Å². The number of benzene rings is 2. The molecule has 0 saturated carbocycles. The summed E-state index contributed by atoms with van der Waals surface area (Å²) in [6, 6.07) is 12.9. The molecule has 0 aliphatic carbocycles. The van der Waals surface area contributed by atoms with Crippen molar-refractivity contribution in [2.45, 2.75) is 24.8 Å². The molecule has 1 N–H and O–H groups in total. The number of aromatic amines is 1. The molecule has 5 rings (SSSR count). The zero-order valence-corrected chi connectivity index (χ0v) is 18.2. The van der Waals surface area contributed by atoms with Crippen LogP contribution in [0.3, 0.4) is 0 Å². The molecule has 0 unspecified atom stereocenters. The second kappa shape index (κ2) is 7.30. The van der Waals surface area contributed by atoms with Gasteiger partial charge in [-0.05, 0) is 24.6 Å². The number of aryl methyl sites for hydroxylation is 1. The summed E-state index contributed by atoms with van der Waals surface area (Å²) in [4.78, 5) is 13.6. The van der Waals surface area contributed by atoms with Gasteiger partial charge >= 0.3 is 0 Å². The molecule has 3 heterocycles. The number of para-hydroxylation sites is 1. The van der Waals surface area contributed by atoms with Crippen LogP contribution in [0.1, 0.15) is 22.5 Å². The van der Waals surface area contributed by atoms with Crippen molar-refractivity contribution < 1.29 is 22.7 Å². The maximum atomic E-state index is 13.7. The summed E-state index contributed by atoms with van der Waals surface area (Å²) in [5.74, 6) is 0.609. The summed E-state index contributed by atoms with van der Waals surface area (Å²) < 4.78 is 33.6. The third-order valence-electron chi connectivity index (χ3n) is 5.29. The Balaban J connectivity index is 1.63. The molecule has 10 heteroatoms. The first-order chi connectivity index (χ1) is 14.9. The molecule has 4 aromatic rings. The van der Waals surface area contributed by atoms with E-state index in [1.165, 1.54) is 7.05 Å². The molecule has 0 bridgehead atoms. The largest absolute Gasteiger partial charge is 0.357 e. The molecule has 0 amide bonds. The normalized spacial score (nSPS) is 13.4. The molecular weight excluding hydrogens is 442 g/mol. The second-order valence-corrected chi connectivity index (χ2v) is 9.59. The maximum absolute atomic E-state index is 13.7. The van der Waals surface area contributed by atoms with E-state index >= 15 is 0 Å². The zero-order chi connectivity index (χ0) is 21.8. The minimum atomic E-state index is -4.02. The van der Waals surface area contributed by atoms with Crippen LogP contribution in [0, 0.1) is 6.92 Å². The van der Waals surface area contributed by atoms with Crippen LogP contribution in [0.5, 0.6) is 5.75 Å². The Labute approximate surface area is 183 Å². The molecule has 0 radical (unpaired) electrons. The monoisotopic (exact) mass is 459 g/mol. The predicted molar refractivity (Wildman–Crippen MR) is 115 cm³/mol. The van der Waals surface area contributed by atoms with E-state index in [-0.39, 0.29) is 15.8 Å². The van der Waals surface area contributed by atoms with Gasteiger partial charge in [0.25, 0.3) is 15.9 Å². The lowest BCUT2D eigenvalue weighted by molar-refractivity contribution is -0.194. The van der Waals surface area contributed by atoms with Crippen LogP contribution in [0.4, 0.5) is 5.88 Å². The molecule has 1 aliphatic rings. The van der Waals surface area contributed by atoms with E-state index in [0.29, 0.717) is 41.1 Å². The molecule has 2 aromatic carbocycles. The van der Waals surface area contributed by atoms with Crippen molar-refractivity contribution in [2.75, 3.05) is 11.4 Å². The number of nitrogens with one attached hydrogen (secondary N) is 1. The van der Waals surface area contributed by atoms with Crippen LogP contribution >= 0.6 is 11.6 Å². The first-order valence-electron chi connectivity index (χ1n) is 9.48. The smallest absolute Gasteiger partial charge is 0.268 e. The van der Waals surface area contributed by atoms with Crippen LogP contribution in [-0.2, 0) is 27.9 Å². The summed E-state index contributed by atoms with van der Waals surface area (Å²) in [6.45, 7) is 2.04. The highest BCUT2D eigenvalue weighted by Gasteiger charge is 2.32. The van der Waals surface area contributed by atoms with Crippen molar-refractivity contribution in [3.8, 4) is 5.75 Å². The van der Waals surface area contributed by atoms with Gasteiger partial charge in [0.1, 0.15) is 22.2 Å². The number of H-pyrrole nitrogens is 1. The Morgan fingerprint density at radius 3 is 2.81 bits per heavy atom. The van der Waals surface area contributed by atoms with E-state index in [9.17, 15) is 8.42 Å². The summed E-state index contributed by atoms with van der Waals surface area (Å²) in [6.07, 6.45) is 0.344. The number of sulfonamides is 1. The average Bonchev–Trinajstić information content (AvgIpc) is 3.44. The fourth-order valence-electron chi connectivity index (χ4n) is 3.65. The maximum Gasteiger partial charge on any atom is 0.268 e. The number of hydrogen-bond donors (Lipinski definition) is 1. The molecule has 1 aliphatic heterocycles. The number of rotatable bonds is 5. The van der Waals surface area contributed by atoms with E-state index in [0.717, 1.165) is 15.4 Å². The molecule has 8 nitrogen and oxygen atoms in total. The summed E-state index contributed by atoms with van der Waals surface area (Å²) in [5.41, 5.74) is 3.49. The molecule has 0 fully saturated rings. The van der Waals surface area contributed by atoms with Gasteiger partial charge in [-0.15, -0.1) is 0 Å². The van der Waals surface area contributed by atoms with Crippen LogP contribution in [0.25, 0.3) is 10.9 Å². The highest BCUT2D eigenvalue weighted by Crippen LogP contribution is 2.36. The lowest BCUT2D eigenvalue weighted by Crippen LogP contribution is -2.27. The first kappa shape index (κ1) is 19.9. The molecular formula is C21H18ClN3O5S. The number of anilines is 1. The topological polar surface area (TPSA) is 97.7 Å². The Kier molecular flexibility index (Phi) is 4.69. The van der Waals surface area contributed by atoms with E-state index in [2.05, 4.69) is 10.1 Å². The van der Waals surface area contributed by atoms with Crippen LogP contribution in [0.15, 0.2) is 51.9 Å². The van der Waals surface area contributed by atoms with Crippen molar-refractivity contribution in [3.63, 3.8) is 0 Å². The van der Waals surface area contributed by atoms with Crippen molar-refractivity contribution in [1.82, 2.24) is 10.1 Å². The highest BCUT2D eigenvalue weighted by atomic mass is 35.5. The van der Waals surface area contributed by atoms with E-state index < -0.39 is 10.0 Å². The minimum Gasteiger partial charge on any atom is -0.357 e. The quantitative estimate of drug-likeness (QED) is 0.445. The van der Waals surface area contributed by atoms with Crippen LogP contribution in [-0.4, -0.2) is 25.6 Å². The third kappa shape index (κ3) is 3.25. The minimum absolute atomic E-state index is 0.0292. The third-order valence-corrected chi connectivity index (χ3v) is 7.59. The number of halogens is 1. The molecule has 160 valence electrons. The molecule has 2 aromatic heterocycles. The molecule has 31 heavy (non-hydrogen) atoms. The van der Waals surface area contributed by atoms with E-state index in [4.69, 9.17) is 25.9 Å². The van der Waals surface area contributed by atoms with Crippen molar-refractivity contribution in [2.24, 2.45) is 0 Å². The van der Waals surface area contributed by atoms with Gasteiger partial charge in [-0.1, -0.05) is 47.1 Å². The van der Waals surface area contributed by atoms with Crippen molar-refractivity contribution in [1.29, 1.82) is 0 Å². The van der Waals surface area contributed by atoms with E-state index in [1.54, 1.807) is 19.1 Å². The summed E-state index contributed by atoms with van der Waals surface area (Å²) in [5, 5.41) is 4.51. The Hall–Kier alpha value is -3.01. The van der Waals surface area contributed by atoms with Gasteiger partial charge in [0.2, 0.25) is 0 Å². The lowest BCUT2D eigenvalue weighted by atomic mass is 10.1. The van der Waals surface area contributed by atoms with E-state index in [1.807, 2.05) is 30.3 Å². The molecule has 0 spiro atoms. The van der Waals surface area contributed by atoms with Gasteiger partial charge in [0, 0.05) is 35.6 Å². The number of aromatic nitrogens is 2. The lowest BCUT2D eigenvalue weighted by Gasteiger charge is -2.17. The highest BCUT2D eigenvalue weighted by molar-refractivity contribution is 7.93. The van der Waals surface area contributed by atoms with Crippen molar-refractivity contribution in [3.05, 3.63) is 70.0 Å². The number of fused-ring (bicyclic) bond motifs is 2. The van der Waals surface area contributed by atoms with Crippen LogP contribution in [0.2, 0.25) is 5.02 Å². The van der Waals surface area contributed by atoms with Crippen LogP contribution < -0.4 is 9.19 Å². The van der Waals surface area contributed by atoms with Gasteiger partial charge < -0.3 is 14.4 Å². The fourth-order valence-corrected chi connectivity index (χ4v) is 5.40. The second-order valence-electron chi connectivity index (χ2n) is 7.30. The standard InChI is InChI=1S/C21H18ClN3O5S/c1-12-19(22)21(29-24-12)25(2)31(26,27)20-15-5-3-4-6-16(15)23-17(20)9-13-7-8-14-11-28-30-18(14)10-13/h3-8,10,23H,9,11H2,1-2H3. The Morgan fingerprint density at radius 1 is 1.23 bits per heavy atom. The Bertz CT molecular complexity index is 1410. The molecule has 0 saturated heterocycles.